The van der Waals surface area contributed by atoms with E-state index < -0.39 is 0 Å². The van der Waals surface area contributed by atoms with Crippen LogP contribution in [0.3, 0.4) is 0 Å². The zero-order chi connectivity index (χ0) is 15.1. The molecule has 0 aliphatic heterocycles. The first-order valence-electron chi connectivity index (χ1n) is 6.36. The minimum absolute atomic E-state index is 0.215. The van der Waals surface area contributed by atoms with Gasteiger partial charge in [-0.25, -0.2) is 0 Å². The van der Waals surface area contributed by atoms with Crippen molar-refractivity contribution in [2.24, 2.45) is 0 Å². The molecule has 1 amide bonds. The first kappa shape index (κ1) is 15.0. The molecule has 0 aliphatic rings. The molecule has 21 heavy (non-hydrogen) atoms. The Hall–Kier alpha value is -2.44. The third kappa shape index (κ3) is 4.27. The van der Waals surface area contributed by atoms with Gasteiger partial charge in [0, 0.05) is 10.6 Å². The fourth-order valence-corrected chi connectivity index (χ4v) is 1.95. The minimum atomic E-state index is -0.215. The van der Waals surface area contributed by atoms with Crippen molar-refractivity contribution < 1.29 is 9.53 Å². The quantitative estimate of drug-likeness (QED) is 0.884. The predicted molar refractivity (Wildman–Crippen MR) is 83.7 cm³/mol. The average Bonchev–Trinajstić information content (AvgIpc) is 2.51. The van der Waals surface area contributed by atoms with Crippen molar-refractivity contribution in [2.75, 3.05) is 13.7 Å². The summed E-state index contributed by atoms with van der Waals surface area (Å²) in [5.41, 5.74) is 1.30. The molecule has 1 N–H and O–H groups in total. The Morgan fingerprint density at radius 3 is 2.81 bits per heavy atom. The number of carbonyl (C=O) groups excluding carboxylic acids is 1. The molecule has 2 aromatic rings. The second kappa shape index (κ2) is 7.37. The molecule has 4 heteroatoms. The van der Waals surface area contributed by atoms with Crippen LogP contribution in [0.15, 0.2) is 48.5 Å². The Morgan fingerprint density at radius 2 is 2.05 bits per heavy atom. The van der Waals surface area contributed by atoms with Gasteiger partial charge in [-0.1, -0.05) is 41.6 Å². The number of nitrogens with one attached hydrogen (secondary N) is 1. The molecule has 2 rings (SSSR count). The summed E-state index contributed by atoms with van der Waals surface area (Å²) in [5, 5.41) is 3.37. The van der Waals surface area contributed by atoms with Crippen LogP contribution >= 0.6 is 11.6 Å². The molecule has 3 nitrogen and oxygen atoms in total. The summed E-state index contributed by atoms with van der Waals surface area (Å²) in [6, 6.07) is 14.3. The second-order valence-corrected chi connectivity index (χ2v) is 4.63. The van der Waals surface area contributed by atoms with Crippen molar-refractivity contribution in [2.45, 2.75) is 0 Å². The number of amides is 1. The fraction of sp³-hybridized carbons (Fsp3) is 0.118. The van der Waals surface area contributed by atoms with Crippen molar-refractivity contribution in [3.63, 3.8) is 0 Å². The van der Waals surface area contributed by atoms with Gasteiger partial charge in [-0.05, 0) is 30.3 Å². The molecule has 0 unspecified atom stereocenters. The van der Waals surface area contributed by atoms with E-state index in [2.05, 4.69) is 17.2 Å². The minimum Gasteiger partial charge on any atom is -0.496 e. The highest BCUT2D eigenvalue weighted by atomic mass is 35.5. The monoisotopic (exact) mass is 299 g/mol. The summed E-state index contributed by atoms with van der Waals surface area (Å²) in [4.78, 5) is 12.0. The number of carbonyl (C=O) groups is 1. The van der Waals surface area contributed by atoms with Crippen molar-refractivity contribution in [3.05, 3.63) is 64.7 Å². The van der Waals surface area contributed by atoms with E-state index in [0.717, 1.165) is 5.56 Å². The number of ether oxygens (including phenoxy) is 1. The van der Waals surface area contributed by atoms with Crippen LogP contribution in [-0.2, 0) is 0 Å². The van der Waals surface area contributed by atoms with E-state index in [1.165, 1.54) is 7.11 Å². The number of hydrogen-bond donors (Lipinski definition) is 1. The summed E-state index contributed by atoms with van der Waals surface area (Å²) in [5.74, 6) is 6.15. The van der Waals surface area contributed by atoms with Gasteiger partial charge in [0.2, 0.25) is 0 Å². The van der Waals surface area contributed by atoms with Crippen molar-refractivity contribution in [3.8, 4) is 17.6 Å². The third-order valence-corrected chi connectivity index (χ3v) is 2.98. The summed E-state index contributed by atoms with van der Waals surface area (Å²) >= 11 is 5.87. The highest BCUT2D eigenvalue weighted by Gasteiger charge is 2.09. The zero-order valence-corrected chi connectivity index (χ0v) is 12.3. The second-order valence-electron chi connectivity index (χ2n) is 4.20. The lowest BCUT2D eigenvalue weighted by Crippen LogP contribution is -2.24. The Kier molecular flexibility index (Phi) is 5.25. The van der Waals surface area contributed by atoms with Crippen LogP contribution in [0, 0.1) is 11.8 Å². The SMILES string of the molecule is COc1ccccc1C(=O)NCC#Cc1cccc(Cl)c1. The van der Waals surface area contributed by atoms with Crippen LogP contribution in [0.4, 0.5) is 0 Å². The van der Waals surface area contributed by atoms with E-state index in [1.54, 1.807) is 30.3 Å². The van der Waals surface area contributed by atoms with Crippen LogP contribution in [0.25, 0.3) is 0 Å². The van der Waals surface area contributed by atoms with Crippen LogP contribution in [0.5, 0.6) is 5.75 Å². The average molecular weight is 300 g/mol. The van der Waals surface area contributed by atoms with Gasteiger partial charge in [0.15, 0.2) is 0 Å². The Balaban J connectivity index is 1.96. The Labute approximate surface area is 128 Å². The standard InChI is InChI=1S/C17H14ClNO2/c1-21-16-10-3-2-9-15(16)17(20)19-11-5-7-13-6-4-8-14(18)12-13/h2-4,6,8-10,12H,11H2,1H3,(H,19,20). The maximum Gasteiger partial charge on any atom is 0.255 e. The summed E-state index contributed by atoms with van der Waals surface area (Å²) in [7, 11) is 1.53. The Bertz CT molecular complexity index is 701. The van der Waals surface area contributed by atoms with Crippen LogP contribution in [0.1, 0.15) is 15.9 Å². The number of benzene rings is 2. The van der Waals surface area contributed by atoms with Crippen molar-refractivity contribution >= 4 is 17.5 Å². The summed E-state index contributed by atoms with van der Waals surface area (Å²) < 4.78 is 5.14. The molecular formula is C17H14ClNO2. The van der Waals surface area contributed by atoms with E-state index in [1.807, 2.05) is 18.2 Å². The summed E-state index contributed by atoms with van der Waals surface area (Å²) in [6.07, 6.45) is 0. The number of rotatable bonds is 3. The van der Waals surface area contributed by atoms with E-state index in [0.29, 0.717) is 16.3 Å². The normalized spacial score (nSPS) is 9.43. The summed E-state index contributed by atoms with van der Waals surface area (Å²) in [6.45, 7) is 0.253. The highest BCUT2D eigenvalue weighted by Crippen LogP contribution is 2.16. The lowest BCUT2D eigenvalue weighted by atomic mass is 10.2. The van der Waals surface area contributed by atoms with Crippen LogP contribution < -0.4 is 10.1 Å². The molecule has 0 fully saturated rings. The molecule has 0 spiro atoms. The molecule has 0 bridgehead atoms. The van der Waals surface area contributed by atoms with Gasteiger partial charge in [0.1, 0.15) is 5.75 Å². The molecule has 2 aromatic carbocycles. The van der Waals surface area contributed by atoms with Crippen LogP contribution in [0.2, 0.25) is 5.02 Å². The van der Waals surface area contributed by atoms with Crippen molar-refractivity contribution in [1.82, 2.24) is 5.32 Å². The zero-order valence-electron chi connectivity index (χ0n) is 11.5. The molecule has 0 radical (unpaired) electrons. The number of halogens is 1. The largest absolute Gasteiger partial charge is 0.496 e. The van der Waals surface area contributed by atoms with E-state index in [-0.39, 0.29) is 12.5 Å². The maximum atomic E-state index is 12.0. The van der Waals surface area contributed by atoms with E-state index >= 15 is 0 Å². The molecular weight excluding hydrogens is 286 g/mol. The molecule has 0 aliphatic carbocycles. The number of para-hydroxylation sites is 1. The topological polar surface area (TPSA) is 38.3 Å². The van der Waals surface area contributed by atoms with Gasteiger partial charge in [0.25, 0.3) is 5.91 Å². The molecule has 0 atom stereocenters. The van der Waals surface area contributed by atoms with Gasteiger partial charge >= 0.3 is 0 Å². The lowest BCUT2D eigenvalue weighted by Gasteiger charge is -2.06. The van der Waals surface area contributed by atoms with Gasteiger partial charge in [-0.15, -0.1) is 0 Å². The smallest absolute Gasteiger partial charge is 0.255 e. The molecule has 106 valence electrons. The van der Waals surface area contributed by atoms with Crippen molar-refractivity contribution in [1.29, 1.82) is 0 Å². The molecule has 0 heterocycles. The highest BCUT2D eigenvalue weighted by molar-refractivity contribution is 6.30. The first-order valence-corrected chi connectivity index (χ1v) is 6.74. The van der Waals surface area contributed by atoms with Gasteiger partial charge in [-0.2, -0.15) is 0 Å². The van der Waals surface area contributed by atoms with Gasteiger partial charge in [-0.3, -0.25) is 4.79 Å². The van der Waals surface area contributed by atoms with Gasteiger partial charge < -0.3 is 10.1 Å². The molecule has 0 aromatic heterocycles. The predicted octanol–water partition coefficient (Wildman–Crippen LogP) is 3.13. The van der Waals surface area contributed by atoms with E-state index in [9.17, 15) is 4.79 Å². The molecule has 0 saturated heterocycles. The van der Waals surface area contributed by atoms with Crippen LogP contribution in [-0.4, -0.2) is 19.6 Å². The Morgan fingerprint density at radius 1 is 1.24 bits per heavy atom. The van der Waals surface area contributed by atoms with E-state index in [4.69, 9.17) is 16.3 Å². The third-order valence-electron chi connectivity index (χ3n) is 2.75. The number of methoxy groups -OCH3 is 1. The van der Waals surface area contributed by atoms with Gasteiger partial charge in [0.05, 0.1) is 19.2 Å². The first-order chi connectivity index (χ1) is 10.2. The fourth-order valence-electron chi connectivity index (χ4n) is 1.76. The number of hydrogen-bond acceptors (Lipinski definition) is 2. The maximum absolute atomic E-state index is 12.0. The molecule has 0 saturated carbocycles. The lowest BCUT2D eigenvalue weighted by molar-refractivity contribution is 0.0955.